The van der Waals surface area contributed by atoms with Gasteiger partial charge in [0.15, 0.2) is 0 Å². The zero-order chi connectivity index (χ0) is 35.0. The van der Waals surface area contributed by atoms with Crippen molar-refractivity contribution in [3.05, 3.63) is 0 Å². The number of rotatable bonds is 34. The molecule has 0 aromatic heterocycles. The Balaban J connectivity index is 4.52. The van der Waals surface area contributed by atoms with Gasteiger partial charge in [0.05, 0.1) is 0 Å². The minimum atomic E-state index is -0.0827. The average Bonchev–Trinajstić information content (AvgIpc) is 3.04. The molecule has 0 fully saturated rings. The monoisotopic (exact) mass is 668 g/mol. The van der Waals surface area contributed by atoms with Crippen molar-refractivity contribution in [2.24, 2.45) is 0 Å². The number of carbonyl (C=O) groups excluding carboxylic acids is 3. The molecule has 0 rings (SSSR count). The van der Waals surface area contributed by atoms with Crippen molar-refractivity contribution >= 4 is 17.9 Å². The summed E-state index contributed by atoms with van der Waals surface area (Å²) in [5, 5.41) is 0. The van der Waals surface area contributed by atoms with Gasteiger partial charge in [-0.2, -0.15) is 0 Å². The largest absolute Gasteiger partial charge is 0.462 e. The second kappa shape index (κ2) is 32.9. The van der Waals surface area contributed by atoms with Gasteiger partial charge in [-0.1, -0.05) is 105 Å². The lowest BCUT2D eigenvalue weighted by atomic mass is 10.0. The highest BCUT2D eigenvalue weighted by atomic mass is 16.6. The fourth-order valence-electron chi connectivity index (χ4n) is 5.94. The number of esters is 3. The van der Waals surface area contributed by atoms with Gasteiger partial charge >= 0.3 is 17.9 Å². The number of hydrogen-bond acceptors (Lipinski definition) is 7. The van der Waals surface area contributed by atoms with Gasteiger partial charge in [-0.15, -0.1) is 0 Å². The first-order chi connectivity index (χ1) is 22.7. The number of nitrogens with zero attached hydrogens (tertiary/aromatic N) is 1. The van der Waals surface area contributed by atoms with Crippen LogP contribution in [-0.4, -0.2) is 61.8 Å². The molecule has 0 bridgehead atoms. The predicted octanol–water partition coefficient (Wildman–Crippen LogP) is 10.9. The first-order valence-corrected chi connectivity index (χ1v) is 20.0. The Morgan fingerprint density at radius 1 is 0.404 bits per heavy atom. The van der Waals surface area contributed by atoms with Gasteiger partial charge in [0.25, 0.3) is 0 Å². The van der Waals surface area contributed by atoms with E-state index >= 15 is 0 Å². The first kappa shape index (κ1) is 45.4. The van der Waals surface area contributed by atoms with Crippen LogP contribution in [0, 0.1) is 0 Å². The van der Waals surface area contributed by atoms with Crippen molar-refractivity contribution in [3.63, 3.8) is 0 Å². The molecule has 0 aliphatic carbocycles. The van der Waals surface area contributed by atoms with Crippen LogP contribution in [0.15, 0.2) is 0 Å². The van der Waals surface area contributed by atoms with Crippen LogP contribution >= 0.6 is 0 Å². The SMILES string of the molecule is CCCCC(CCCC)OC(=O)CCCCCCC(CCCCCCC(=O)OC(CCCC)CCCC)OC(=O)CCCCN(C)C. The summed E-state index contributed by atoms with van der Waals surface area (Å²) in [5.74, 6) is -0.186. The van der Waals surface area contributed by atoms with E-state index in [1.54, 1.807) is 0 Å². The van der Waals surface area contributed by atoms with Crippen molar-refractivity contribution in [2.45, 2.75) is 219 Å². The molecule has 0 N–H and O–H groups in total. The summed E-state index contributed by atoms with van der Waals surface area (Å²) in [6.45, 7) is 9.69. The molecule has 278 valence electrons. The Bertz CT molecular complexity index is 680. The first-order valence-electron chi connectivity index (χ1n) is 20.0. The summed E-state index contributed by atoms with van der Waals surface area (Å²) in [6.07, 6.45) is 25.7. The van der Waals surface area contributed by atoms with Crippen LogP contribution in [0.25, 0.3) is 0 Å². The zero-order valence-electron chi connectivity index (χ0n) is 31.9. The maximum absolute atomic E-state index is 12.6. The summed E-state index contributed by atoms with van der Waals surface area (Å²) >= 11 is 0. The predicted molar refractivity (Wildman–Crippen MR) is 196 cm³/mol. The lowest BCUT2D eigenvalue weighted by Gasteiger charge is -2.19. The van der Waals surface area contributed by atoms with Crippen molar-refractivity contribution in [2.75, 3.05) is 20.6 Å². The van der Waals surface area contributed by atoms with Crippen LogP contribution in [0.2, 0.25) is 0 Å². The lowest BCUT2D eigenvalue weighted by Crippen LogP contribution is -2.19. The van der Waals surface area contributed by atoms with E-state index in [0.29, 0.717) is 19.3 Å². The van der Waals surface area contributed by atoms with Gasteiger partial charge in [-0.3, -0.25) is 14.4 Å². The molecule has 0 amide bonds. The fraction of sp³-hybridized carbons (Fsp3) is 0.925. The molecule has 0 aliphatic heterocycles. The van der Waals surface area contributed by atoms with E-state index < -0.39 is 0 Å². The van der Waals surface area contributed by atoms with Crippen molar-refractivity contribution in [1.29, 1.82) is 0 Å². The van der Waals surface area contributed by atoms with Crippen molar-refractivity contribution in [1.82, 2.24) is 4.90 Å². The third kappa shape index (κ3) is 30.2. The van der Waals surface area contributed by atoms with Gasteiger partial charge < -0.3 is 19.1 Å². The minimum absolute atomic E-state index is 0.0515. The summed E-state index contributed by atoms with van der Waals surface area (Å²) in [7, 11) is 4.10. The molecular formula is C40H77NO6. The highest BCUT2D eigenvalue weighted by Gasteiger charge is 2.17. The number of carbonyl (C=O) groups is 3. The molecule has 0 saturated heterocycles. The molecular weight excluding hydrogens is 590 g/mol. The second-order valence-electron chi connectivity index (χ2n) is 14.1. The van der Waals surface area contributed by atoms with Crippen LogP contribution in [-0.2, 0) is 28.6 Å². The van der Waals surface area contributed by atoms with Crippen molar-refractivity contribution in [3.8, 4) is 0 Å². The maximum atomic E-state index is 12.6. The molecule has 0 radical (unpaired) electrons. The minimum Gasteiger partial charge on any atom is -0.462 e. The van der Waals surface area contributed by atoms with Gasteiger partial charge in [-0.25, -0.2) is 0 Å². The van der Waals surface area contributed by atoms with Crippen molar-refractivity contribution < 1.29 is 28.6 Å². The van der Waals surface area contributed by atoms with E-state index in [1.165, 1.54) is 0 Å². The molecule has 47 heavy (non-hydrogen) atoms. The topological polar surface area (TPSA) is 82.1 Å². The molecule has 0 atom stereocenters. The molecule has 0 aliphatic rings. The molecule has 0 aromatic rings. The highest BCUT2D eigenvalue weighted by Crippen LogP contribution is 2.19. The van der Waals surface area contributed by atoms with E-state index in [1.807, 2.05) is 0 Å². The molecule has 0 spiro atoms. The summed E-state index contributed by atoms with van der Waals surface area (Å²) in [4.78, 5) is 39.6. The molecule has 0 aromatic carbocycles. The van der Waals surface area contributed by atoms with Crippen LogP contribution in [0.4, 0.5) is 0 Å². The summed E-state index contributed by atoms with van der Waals surface area (Å²) in [5.41, 5.74) is 0. The van der Waals surface area contributed by atoms with E-state index in [9.17, 15) is 14.4 Å². The molecule has 7 heteroatoms. The lowest BCUT2D eigenvalue weighted by molar-refractivity contribution is -0.151. The van der Waals surface area contributed by atoms with Crippen LogP contribution in [0.1, 0.15) is 201 Å². The van der Waals surface area contributed by atoms with E-state index in [4.69, 9.17) is 14.2 Å². The standard InChI is InChI=1S/C40H77NO6/c1-7-11-25-35(26-12-8-2)45-38(42)31-21-17-15-19-29-37(47-40(44)33-23-24-34-41(5)6)30-20-16-18-22-32-39(43)46-36(27-13-9-3)28-14-10-4/h35-37H,7-34H2,1-6H3. The fourth-order valence-corrected chi connectivity index (χ4v) is 5.94. The average molecular weight is 668 g/mol. The van der Waals surface area contributed by atoms with E-state index in [0.717, 1.165) is 161 Å². The van der Waals surface area contributed by atoms with Gasteiger partial charge in [0.2, 0.25) is 0 Å². The smallest absolute Gasteiger partial charge is 0.306 e. The number of ether oxygens (including phenoxy) is 3. The Morgan fingerprint density at radius 2 is 0.681 bits per heavy atom. The second-order valence-corrected chi connectivity index (χ2v) is 14.1. The molecule has 0 heterocycles. The Labute approximate surface area is 291 Å². The number of unbranched alkanes of at least 4 members (excludes halogenated alkanes) is 11. The van der Waals surface area contributed by atoms with Crippen LogP contribution < -0.4 is 0 Å². The van der Waals surface area contributed by atoms with Gasteiger partial charge in [0.1, 0.15) is 18.3 Å². The summed E-state index contributed by atoms with van der Waals surface area (Å²) < 4.78 is 17.6. The quantitative estimate of drug-likeness (QED) is 0.0384. The maximum Gasteiger partial charge on any atom is 0.306 e. The molecule has 0 saturated carbocycles. The molecule has 0 unspecified atom stereocenters. The highest BCUT2D eigenvalue weighted by molar-refractivity contribution is 5.70. The third-order valence-corrected chi connectivity index (χ3v) is 8.96. The van der Waals surface area contributed by atoms with Gasteiger partial charge in [-0.05, 0) is 97.7 Å². The normalized spacial score (nSPS) is 11.6. The Kier molecular flexibility index (Phi) is 31.8. The van der Waals surface area contributed by atoms with Crippen LogP contribution in [0.5, 0.6) is 0 Å². The van der Waals surface area contributed by atoms with E-state index in [2.05, 4.69) is 46.7 Å². The Morgan fingerprint density at radius 3 is 0.979 bits per heavy atom. The van der Waals surface area contributed by atoms with Gasteiger partial charge in [0, 0.05) is 19.3 Å². The third-order valence-electron chi connectivity index (χ3n) is 8.96. The zero-order valence-corrected chi connectivity index (χ0v) is 31.9. The Hall–Kier alpha value is -1.63. The molecule has 7 nitrogen and oxygen atoms in total. The summed E-state index contributed by atoms with van der Waals surface area (Å²) in [6, 6.07) is 0. The van der Waals surface area contributed by atoms with Crippen LogP contribution in [0.3, 0.4) is 0 Å². The van der Waals surface area contributed by atoms with E-state index in [-0.39, 0.29) is 36.2 Å². The number of hydrogen-bond donors (Lipinski definition) is 0.